The highest BCUT2D eigenvalue weighted by atomic mass is 16.5. The minimum Gasteiger partial charge on any atom is -0.458 e. The van der Waals surface area contributed by atoms with Crippen LogP contribution in [0.1, 0.15) is 73.1 Å². The van der Waals surface area contributed by atoms with Gasteiger partial charge in [-0.05, 0) is 75.4 Å². The molecule has 1 fully saturated rings. The van der Waals surface area contributed by atoms with Crippen molar-refractivity contribution in [3.05, 3.63) is 34.9 Å². The quantitative estimate of drug-likeness (QED) is 0.367. The standard InChI is InChI=1S/C22H32O3/c1-14(2)21-18-9-8-16(4)20(25-17(5)23)10-7-15(3)11-12-22(18,6)13-19(21)24/h11,18,20H,4,7-10,12-13H2,1-3,5-6H3/b15-11+/t18-,20-,22-/m0/s1. The van der Waals surface area contributed by atoms with Crippen molar-refractivity contribution in [2.45, 2.75) is 79.2 Å². The third-order valence-corrected chi connectivity index (χ3v) is 5.83. The van der Waals surface area contributed by atoms with Crippen LogP contribution in [0.15, 0.2) is 34.9 Å². The van der Waals surface area contributed by atoms with E-state index >= 15 is 0 Å². The Morgan fingerprint density at radius 2 is 1.92 bits per heavy atom. The van der Waals surface area contributed by atoms with Gasteiger partial charge < -0.3 is 4.74 Å². The molecule has 0 amide bonds. The first-order chi connectivity index (χ1) is 11.6. The van der Waals surface area contributed by atoms with Crippen molar-refractivity contribution < 1.29 is 14.3 Å². The topological polar surface area (TPSA) is 43.4 Å². The van der Waals surface area contributed by atoms with Gasteiger partial charge in [0.05, 0.1) is 0 Å². The number of hydrogen-bond acceptors (Lipinski definition) is 3. The van der Waals surface area contributed by atoms with Crippen molar-refractivity contribution in [3.8, 4) is 0 Å². The molecule has 0 radical (unpaired) electrons. The second-order valence-corrected chi connectivity index (χ2v) is 8.31. The Balaban J connectivity index is 2.35. The molecule has 138 valence electrons. The van der Waals surface area contributed by atoms with Gasteiger partial charge in [0.2, 0.25) is 0 Å². The molecule has 25 heavy (non-hydrogen) atoms. The number of rotatable bonds is 1. The van der Waals surface area contributed by atoms with Gasteiger partial charge in [0.25, 0.3) is 0 Å². The first-order valence-corrected chi connectivity index (χ1v) is 9.35. The van der Waals surface area contributed by atoms with E-state index in [0.29, 0.717) is 12.2 Å². The summed E-state index contributed by atoms with van der Waals surface area (Å²) in [5, 5.41) is 0. The monoisotopic (exact) mass is 344 g/mol. The minimum absolute atomic E-state index is 0.0213. The van der Waals surface area contributed by atoms with Crippen LogP contribution in [0.3, 0.4) is 0 Å². The third-order valence-electron chi connectivity index (χ3n) is 5.83. The molecule has 0 aromatic carbocycles. The number of fused-ring (bicyclic) bond motifs is 1. The van der Waals surface area contributed by atoms with Crippen molar-refractivity contribution in [1.29, 1.82) is 0 Å². The number of hydrogen-bond donors (Lipinski definition) is 0. The number of ether oxygens (including phenoxy) is 1. The fourth-order valence-corrected chi connectivity index (χ4v) is 4.37. The van der Waals surface area contributed by atoms with E-state index in [1.807, 2.05) is 13.8 Å². The second-order valence-electron chi connectivity index (χ2n) is 8.31. The minimum atomic E-state index is -0.256. The number of carbonyl (C=O) groups is 2. The van der Waals surface area contributed by atoms with Gasteiger partial charge >= 0.3 is 5.97 Å². The molecular formula is C22H32O3. The SMILES string of the molecule is C=C1CC[C@H]2C(=C(C)C)C(=O)C[C@]2(C)C/C=C(\C)CC[C@@H]1OC(C)=O. The van der Waals surface area contributed by atoms with E-state index in [1.165, 1.54) is 12.5 Å². The fourth-order valence-electron chi connectivity index (χ4n) is 4.37. The molecule has 0 saturated heterocycles. The molecule has 0 heterocycles. The van der Waals surface area contributed by atoms with Crippen molar-refractivity contribution >= 4 is 11.8 Å². The van der Waals surface area contributed by atoms with Gasteiger partial charge in [-0.2, -0.15) is 0 Å². The maximum atomic E-state index is 12.7. The molecule has 1 saturated carbocycles. The lowest BCUT2D eigenvalue weighted by Gasteiger charge is -2.31. The van der Waals surface area contributed by atoms with Crippen LogP contribution in [0.25, 0.3) is 0 Å². The predicted molar refractivity (Wildman–Crippen MR) is 101 cm³/mol. The van der Waals surface area contributed by atoms with E-state index in [0.717, 1.165) is 48.8 Å². The molecule has 2 aliphatic carbocycles. The average Bonchev–Trinajstić information content (AvgIpc) is 2.76. The van der Waals surface area contributed by atoms with Crippen LogP contribution in [0.4, 0.5) is 0 Å². The Labute approximate surface area is 152 Å². The summed E-state index contributed by atoms with van der Waals surface area (Å²) >= 11 is 0. The Kier molecular flexibility index (Phi) is 6.08. The maximum absolute atomic E-state index is 12.7. The summed E-state index contributed by atoms with van der Waals surface area (Å²) in [5.41, 5.74) is 4.40. The number of carbonyl (C=O) groups excluding carboxylic acids is 2. The van der Waals surface area contributed by atoms with E-state index in [-0.39, 0.29) is 23.4 Å². The second kappa shape index (κ2) is 7.72. The zero-order valence-electron chi connectivity index (χ0n) is 16.4. The lowest BCUT2D eigenvalue weighted by atomic mass is 9.72. The average molecular weight is 344 g/mol. The van der Waals surface area contributed by atoms with Crippen molar-refractivity contribution in [2.75, 3.05) is 0 Å². The molecule has 0 aromatic rings. The van der Waals surface area contributed by atoms with E-state index in [2.05, 4.69) is 26.5 Å². The number of allylic oxidation sites excluding steroid dienone is 4. The molecule has 3 atom stereocenters. The van der Waals surface area contributed by atoms with Crippen LogP contribution < -0.4 is 0 Å². The van der Waals surface area contributed by atoms with E-state index in [4.69, 9.17) is 4.74 Å². The molecule has 2 aliphatic rings. The van der Waals surface area contributed by atoms with Gasteiger partial charge in [0, 0.05) is 13.3 Å². The normalized spacial score (nSPS) is 33.2. The Morgan fingerprint density at radius 1 is 1.24 bits per heavy atom. The third kappa shape index (κ3) is 4.50. The lowest BCUT2D eigenvalue weighted by molar-refractivity contribution is -0.144. The van der Waals surface area contributed by atoms with Crippen LogP contribution in [0.5, 0.6) is 0 Å². The molecular weight excluding hydrogens is 312 g/mol. The van der Waals surface area contributed by atoms with Crippen molar-refractivity contribution in [1.82, 2.24) is 0 Å². The Morgan fingerprint density at radius 3 is 2.52 bits per heavy atom. The molecule has 0 bridgehead atoms. The summed E-state index contributed by atoms with van der Waals surface area (Å²) in [4.78, 5) is 24.1. The number of ketones is 1. The van der Waals surface area contributed by atoms with E-state index < -0.39 is 0 Å². The van der Waals surface area contributed by atoms with Gasteiger partial charge in [-0.15, -0.1) is 0 Å². The van der Waals surface area contributed by atoms with Crippen LogP contribution in [-0.4, -0.2) is 17.9 Å². The molecule has 0 unspecified atom stereocenters. The first-order valence-electron chi connectivity index (χ1n) is 9.35. The summed E-state index contributed by atoms with van der Waals surface area (Å²) in [5.74, 6) is 0.299. The molecule has 0 spiro atoms. The van der Waals surface area contributed by atoms with Gasteiger partial charge in [-0.1, -0.05) is 30.7 Å². The molecule has 0 aromatic heterocycles. The summed E-state index contributed by atoms with van der Waals surface area (Å²) in [6.07, 6.45) is 6.98. The molecule has 2 rings (SSSR count). The number of Topliss-reactive ketones (excluding diaryl/α,β-unsaturated/α-hetero) is 1. The van der Waals surface area contributed by atoms with Crippen LogP contribution in [0.2, 0.25) is 0 Å². The summed E-state index contributed by atoms with van der Waals surface area (Å²) in [6, 6.07) is 0. The zero-order valence-corrected chi connectivity index (χ0v) is 16.4. The van der Waals surface area contributed by atoms with Gasteiger partial charge in [0.15, 0.2) is 5.78 Å². The Hall–Kier alpha value is -1.64. The fraction of sp³-hybridized carbons (Fsp3) is 0.636. The molecule has 0 N–H and O–H groups in total. The summed E-state index contributed by atoms with van der Waals surface area (Å²) in [7, 11) is 0. The largest absolute Gasteiger partial charge is 0.458 e. The first kappa shape index (κ1) is 19.7. The van der Waals surface area contributed by atoms with Crippen molar-refractivity contribution in [2.24, 2.45) is 11.3 Å². The summed E-state index contributed by atoms with van der Waals surface area (Å²) < 4.78 is 5.51. The van der Waals surface area contributed by atoms with Gasteiger partial charge in [-0.3, -0.25) is 9.59 Å². The zero-order chi connectivity index (χ0) is 18.8. The highest BCUT2D eigenvalue weighted by Gasteiger charge is 2.46. The number of esters is 1. The molecule has 3 heteroatoms. The van der Waals surface area contributed by atoms with Crippen LogP contribution in [0, 0.1) is 11.3 Å². The molecule has 3 nitrogen and oxygen atoms in total. The highest BCUT2D eigenvalue weighted by Crippen LogP contribution is 2.51. The highest BCUT2D eigenvalue weighted by molar-refractivity contribution is 5.99. The van der Waals surface area contributed by atoms with Crippen molar-refractivity contribution in [3.63, 3.8) is 0 Å². The van der Waals surface area contributed by atoms with Crippen LogP contribution >= 0.6 is 0 Å². The van der Waals surface area contributed by atoms with Gasteiger partial charge in [0.1, 0.15) is 6.10 Å². The molecule has 0 aliphatic heterocycles. The van der Waals surface area contributed by atoms with E-state index in [9.17, 15) is 9.59 Å². The summed E-state index contributed by atoms with van der Waals surface area (Å²) in [6.45, 7) is 14.1. The lowest BCUT2D eigenvalue weighted by Crippen LogP contribution is -2.23. The Bertz CT molecular complexity index is 634. The van der Waals surface area contributed by atoms with E-state index in [1.54, 1.807) is 0 Å². The van der Waals surface area contributed by atoms with Gasteiger partial charge in [-0.25, -0.2) is 0 Å². The maximum Gasteiger partial charge on any atom is 0.303 e. The smallest absolute Gasteiger partial charge is 0.303 e. The predicted octanol–water partition coefficient (Wildman–Crippen LogP) is 5.32. The van der Waals surface area contributed by atoms with Crippen LogP contribution in [-0.2, 0) is 14.3 Å².